The number of aromatic nitrogens is 2. The van der Waals surface area contributed by atoms with E-state index in [0.717, 1.165) is 11.3 Å². The third-order valence-electron chi connectivity index (χ3n) is 2.84. The van der Waals surface area contributed by atoms with Crippen molar-refractivity contribution in [3.05, 3.63) is 17.5 Å². The van der Waals surface area contributed by atoms with E-state index in [2.05, 4.69) is 15.7 Å². The van der Waals surface area contributed by atoms with Gasteiger partial charge in [-0.25, -0.2) is 0 Å². The van der Waals surface area contributed by atoms with Crippen LogP contribution in [0.15, 0.2) is 6.20 Å². The van der Waals surface area contributed by atoms with Gasteiger partial charge < -0.3 is 5.32 Å². The highest BCUT2D eigenvalue weighted by Gasteiger charge is 2.29. The Kier molecular flexibility index (Phi) is 2.74. The van der Waals surface area contributed by atoms with Gasteiger partial charge in [-0.05, 0) is 6.92 Å². The second kappa shape index (κ2) is 4.05. The lowest BCUT2D eigenvalue weighted by Crippen LogP contribution is -2.35. The number of hydrogen-bond donors (Lipinski definition) is 2. The monoisotopic (exact) mass is 222 g/mol. The van der Waals surface area contributed by atoms with Gasteiger partial charge >= 0.3 is 0 Å². The Morgan fingerprint density at radius 2 is 2.38 bits per heavy atom. The molecule has 1 aromatic rings. The molecular weight excluding hydrogens is 208 g/mol. The smallest absolute Gasteiger partial charge is 0.244 e. The first kappa shape index (κ1) is 10.8. The molecule has 0 aliphatic carbocycles. The zero-order chi connectivity index (χ0) is 11.7. The van der Waals surface area contributed by atoms with Gasteiger partial charge in [0.05, 0.1) is 18.7 Å². The van der Waals surface area contributed by atoms with Gasteiger partial charge in [-0.3, -0.25) is 19.6 Å². The first-order valence-corrected chi connectivity index (χ1v) is 5.12. The van der Waals surface area contributed by atoms with Crippen molar-refractivity contribution < 1.29 is 9.59 Å². The molecule has 6 heteroatoms. The average Bonchev–Trinajstić information content (AvgIpc) is 2.70. The lowest BCUT2D eigenvalue weighted by Gasteiger charge is -2.08. The normalized spacial score (nSPS) is 20.2. The van der Waals surface area contributed by atoms with E-state index in [0.29, 0.717) is 6.54 Å². The second-order valence-electron chi connectivity index (χ2n) is 3.93. The minimum absolute atomic E-state index is 0.217. The summed E-state index contributed by atoms with van der Waals surface area (Å²) in [5, 5.41) is 9.41. The maximum atomic E-state index is 11.3. The standard InChI is InChI=1S/C10H14N4O2/c1-6-7(5-12-14(6)2)4-11-8-3-9(15)13-10(8)16/h5,8,11H,3-4H2,1-2H3,(H,13,15,16). The summed E-state index contributed by atoms with van der Waals surface area (Å²) in [6.45, 7) is 2.51. The molecule has 1 atom stereocenters. The van der Waals surface area contributed by atoms with E-state index in [1.165, 1.54) is 0 Å². The zero-order valence-electron chi connectivity index (χ0n) is 9.28. The molecule has 1 aliphatic heterocycles. The molecule has 16 heavy (non-hydrogen) atoms. The lowest BCUT2D eigenvalue weighted by molar-refractivity contribution is -0.125. The first-order valence-electron chi connectivity index (χ1n) is 5.12. The number of rotatable bonds is 3. The highest BCUT2D eigenvalue weighted by molar-refractivity contribution is 6.05. The number of aryl methyl sites for hydroxylation is 1. The van der Waals surface area contributed by atoms with E-state index in [1.54, 1.807) is 10.9 Å². The fourth-order valence-electron chi connectivity index (χ4n) is 1.67. The van der Waals surface area contributed by atoms with Crippen LogP contribution in [0.4, 0.5) is 0 Å². The average molecular weight is 222 g/mol. The van der Waals surface area contributed by atoms with Crippen LogP contribution in [0, 0.1) is 6.92 Å². The Morgan fingerprint density at radius 1 is 1.62 bits per heavy atom. The predicted octanol–water partition coefficient (Wildman–Crippen LogP) is -0.767. The number of nitrogens with zero attached hydrogens (tertiary/aromatic N) is 2. The summed E-state index contributed by atoms with van der Waals surface area (Å²) in [6, 6.07) is -0.410. The Morgan fingerprint density at radius 3 is 2.88 bits per heavy atom. The van der Waals surface area contributed by atoms with Crippen molar-refractivity contribution in [1.29, 1.82) is 0 Å². The molecule has 2 rings (SSSR count). The van der Waals surface area contributed by atoms with Gasteiger partial charge in [0.15, 0.2) is 0 Å². The topological polar surface area (TPSA) is 76.0 Å². The number of imide groups is 1. The molecule has 6 nitrogen and oxygen atoms in total. The summed E-state index contributed by atoms with van der Waals surface area (Å²) in [5.41, 5.74) is 2.09. The van der Waals surface area contributed by atoms with Gasteiger partial charge in [0.2, 0.25) is 11.8 Å². The van der Waals surface area contributed by atoms with Crippen LogP contribution in [0.2, 0.25) is 0 Å². The highest BCUT2D eigenvalue weighted by Crippen LogP contribution is 2.07. The van der Waals surface area contributed by atoms with Crippen LogP contribution < -0.4 is 10.6 Å². The summed E-state index contributed by atoms with van der Waals surface area (Å²) >= 11 is 0. The Bertz CT molecular complexity index is 438. The van der Waals surface area contributed by atoms with Crippen molar-refractivity contribution in [2.24, 2.45) is 7.05 Å². The SMILES string of the molecule is Cc1c(CNC2CC(=O)NC2=O)cnn1C. The van der Waals surface area contributed by atoms with Crippen molar-refractivity contribution in [3.63, 3.8) is 0 Å². The Labute approximate surface area is 93.0 Å². The number of amides is 2. The third-order valence-corrected chi connectivity index (χ3v) is 2.84. The largest absolute Gasteiger partial charge is 0.301 e. The molecule has 2 heterocycles. The minimum Gasteiger partial charge on any atom is -0.301 e. The minimum atomic E-state index is -0.410. The molecule has 1 unspecified atom stereocenters. The molecule has 2 N–H and O–H groups in total. The van der Waals surface area contributed by atoms with E-state index < -0.39 is 6.04 Å². The number of carbonyl (C=O) groups is 2. The van der Waals surface area contributed by atoms with Gasteiger partial charge in [0.1, 0.15) is 0 Å². The van der Waals surface area contributed by atoms with Crippen molar-refractivity contribution in [2.45, 2.75) is 25.9 Å². The molecule has 0 radical (unpaired) electrons. The van der Waals surface area contributed by atoms with Crippen LogP contribution in [-0.4, -0.2) is 27.6 Å². The van der Waals surface area contributed by atoms with Crippen LogP contribution >= 0.6 is 0 Å². The van der Waals surface area contributed by atoms with Gasteiger partial charge in [-0.2, -0.15) is 5.10 Å². The van der Waals surface area contributed by atoms with E-state index in [9.17, 15) is 9.59 Å². The maximum absolute atomic E-state index is 11.3. The molecular formula is C10H14N4O2. The summed E-state index contributed by atoms with van der Waals surface area (Å²) in [7, 11) is 1.87. The molecule has 1 saturated heterocycles. The fourth-order valence-corrected chi connectivity index (χ4v) is 1.67. The third kappa shape index (κ3) is 1.96. The molecule has 86 valence electrons. The van der Waals surface area contributed by atoms with Crippen LogP contribution in [0.5, 0.6) is 0 Å². The predicted molar refractivity (Wildman–Crippen MR) is 56.3 cm³/mol. The van der Waals surface area contributed by atoms with Gasteiger partial charge in [-0.15, -0.1) is 0 Å². The quantitative estimate of drug-likeness (QED) is 0.659. The van der Waals surface area contributed by atoms with E-state index >= 15 is 0 Å². The van der Waals surface area contributed by atoms with Crippen molar-refractivity contribution in [1.82, 2.24) is 20.4 Å². The lowest BCUT2D eigenvalue weighted by atomic mass is 10.2. The maximum Gasteiger partial charge on any atom is 0.244 e. The van der Waals surface area contributed by atoms with Gasteiger partial charge in [0, 0.05) is 24.8 Å². The summed E-state index contributed by atoms with van der Waals surface area (Å²) in [4.78, 5) is 22.2. The summed E-state index contributed by atoms with van der Waals surface area (Å²) in [5.74, 6) is -0.461. The molecule has 0 spiro atoms. The molecule has 0 aromatic carbocycles. The highest BCUT2D eigenvalue weighted by atomic mass is 16.2. The summed E-state index contributed by atoms with van der Waals surface area (Å²) < 4.78 is 1.77. The first-order chi connectivity index (χ1) is 7.58. The zero-order valence-corrected chi connectivity index (χ0v) is 9.28. The van der Waals surface area contributed by atoms with E-state index in [4.69, 9.17) is 0 Å². The summed E-state index contributed by atoms with van der Waals surface area (Å²) in [6.07, 6.45) is 1.98. The molecule has 1 aromatic heterocycles. The Balaban J connectivity index is 1.95. The van der Waals surface area contributed by atoms with Gasteiger partial charge in [-0.1, -0.05) is 0 Å². The number of nitrogens with one attached hydrogen (secondary N) is 2. The molecule has 0 bridgehead atoms. The molecule has 1 aliphatic rings. The van der Waals surface area contributed by atoms with Crippen molar-refractivity contribution in [3.8, 4) is 0 Å². The van der Waals surface area contributed by atoms with Crippen LogP contribution in [0.1, 0.15) is 17.7 Å². The molecule has 2 amide bonds. The van der Waals surface area contributed by atoms with E-state index in [1.807, 2.05) is 14.0 Å². The van der Waals surface area contributed by atoms with Gasteiger partial charge in [0.25, 0.3) is 0 Å². The molecule has 1 fully saturated rings. The second-order valence-corrected chi connectivity index (χ2v) is 3.93. The van der Waals surface area contributed by atoms with E-state index in [-0.39, 0.29) is 18.2 Å². The van der Waals surface area contributed by atoms with Crippen LogP contribution in [0.3, 0.4) is 0 Å². The van der Waals surface area contributed by atoms with Crippen LogP contribution in [0.25, 0.3) is 0 Å². The molecule has 0 saturated carbocycles. The number of carbonyl (C=O) groups excluding carboxylic acids is 2. The fraction of sp³-hybridized carbons (Fsp3) is 0.500. The van der Waals surface area contributed by atoms with Crippen LogP contribution in [-0.2, 0) is 23.2 Å². The van der Waals surface area contributed by atoms with Crippen molar-refractivity contribution in [2.75, 3.05) is 0 Å². The Hall–Kier alpha value is -1.69. The number of hydrogen-bond acceptors (Lipinski definition) is 4. The van der Waals surface area contributed by atoms with Crippen molar-refractivity contribution >= 4 is 11.8 Å².